The third-order valence-corrected chi connectivity index (χ3v) is 2.40. The second-order valence-corrected chi connectivity index (χ2v) is 3.98. The molecular weight excluding hydrogens is 214 g/mol. The predicted molar refractivity (Wildman–Crippen MR) is 70.1 cm³/mol. The van der Waals surface area contributed by atoms with Gasteiger partial charge in [-0.1, -0.05) is 18.2 Å². The second-order valence-electron chi connectivity index (χ2n) is 3.98. The van der Waals surface area contributed by atoms with Crippen LogP contribution >= 0.6 is 0 Å². The van der Waals surface area contributed by atoms with E-state index in [1.54, 1.807) is 0 Å². The highest BCUT2D eigenvalue weighted by molar-refractivity contribution is 5.89. The number of rotatable bonds is 4. The summed E-state index contributed by atoms with van der Waals surface area (Å²) in [6.07, 6.45) is 1.92. The van der Waals surface area contributed by atoms with Crippen LogP contribution in [0.5, 0.6) is 0 Å². The van der Waals surface area contributed by atoms with Gasteiger partial charge in [0.1, 0.15) is 12.4 Å². The van der Waals surface area contributed by atoms with Crippen LogP contribution in [0.3, 0.4) is 0 Å². The van der Waals surface area contributed by atoms with Crippen LogP contribution in [0.25, 0.3) is 0 Å². The molecule has 0 saturated heterocycles. The van der Waals surface area contributed by atoms with Gasteiger partial charge >= 0.3 is 0 Å². The number of nitrogens with one attached hydrogen (secondary N) is 1. The molecule has 0 atom stereocenters. The molecule has 0 aliphatic carbocycles. The Bertz CT molecular complexity index is 424. The molecule has 0 amide bonds. The largest absolute Gasteiger partial charge is 0.476 e. The van der Waals surface area contributed by atoms with Crippen LogP contribution < -0.4 is 5.32 Å². The lowest BCUT2D eigenvalue weighted by molar-refractivity contribution is 0.349. The molecule has 0 aromatic heterocycles. The summed E-state index contributed by atoms with van der Waals surface area (Å²) in [5, 5.41) is 3.33. The molecule has 1 aromatic carbocycles. The first-order valence-corrected chi connectivity index (χ1v) is 5.64. The SMILES string of the molecule is CN(C)C(=CC1=NCCO1)Nc1ccccc1. The highest BCUT2D eigenvalue weighted by atomic mass is 16.5. The van der Waals surface area contributed by atoms with E-state index in [0.29, 0.717) is 12.5 Å². The number of para-hydroxylation sites is 1. The van der Waals surface area contributed by atoms with E-state index in [1.165, 1.54) is 0 Å². The zero-order valence-electron chi connectivity index (χ0n) is 10.2. The number of nitrogens with zero attached hydrogens (tertiary/aromatic N) is 2. The first-order valence-electron chi connectivity index (χ1n) is 5.64. The van der Waals surface area contributed by atoms with E-state index in [1.807, 2.05) is 55.4 Å². The van der Waals surface area contributed by atoms with Gasteiger partial charge < -0.3 is 15.0 Å². The van der Waals surface area contributed by atoms with Crippen molar-refractivity contribution >= 4 is 11.6 Å². The highest BCUT2D eigenvalue weighted by Gasteiger charge is 2.07. The van der Waals surface area contributed by atoms with Crippen LogP contribution in [0.2, 0.25) is 0 Å². The number of hydrogen-bond donors (Lipinski definition) is 1. The molecule has 17 heavy (non-hydrogen) atoms. The van der Waals surface area contributed by atoms with Crippen LogP contribution in [-0.2, 0) is 4.74 Å². The number of anilines is 1. The molecule has 0 bridgehead atoms. The minimum absolute atomic E-state index is 0.678. The van der Waals surface area contributed by atoms with Gasteiger partial charge in [0.25, 0.3) is 0 Å². The minimum atomic E-state index is 0.678. The first-order chi connectivity index (χ1) is 8.25. The van der Waals surface area contributed by atoms with Gasteiger partial charge in [-0.25, -0.2) is 4.99 Å². The molecule has 1 heterocycles. The van der Waals surface area contributed by atoms with Crippen molar-refractivity contribution in [1.82, 2.24) is 4.90 Å². The zero-order chi connectivity index (χ0) is 12.1. The molecule has 0 unspecified atom stereocenters. The lowest BCUT2D eigenvalue weighted by atomic mass is 10.3. The van der Waals surface area contributed by atoms with Crippen LogP contribution in [0, 0.1) is 0 Å². The summed E-state index contributed by atoms with van der Waals surface area (Å²) in [6.45, 7) is 1.43. The van der Waals surface area contributed by atoms with Crippen LogP contribution in [0.15, 0.2) is 47.2 Å². The summed E-state index contributed by atoms with van der Waals surface area (Å²) in [5.74, 6) is 1.65. The number of hydrogen-bond acceptors (Lipinski definition) is 4. The number of ether oxygens (including phenoxy) is 1. The minimum Gasteiger partial charge on any atom is -0.476 e. The molecular formula is C13H17N3O. The molecule has 1 N–H and O–H groups in total. The maximum Gasteiger partial charge on any atom is 0.212 e. The van der Waals surface area contributed by atoms with Crippen molar-refractivity contribution < 1.29 is 4.74 Å². The summed E-state index contributed by atoms with van der Waals surface area (Å²) in [4.78, 5) is 6.25. The summed E-state index contributed by atoms with van der Waals surface area (Å²) >= 11 is 0. The molecule has 0 saturated carbocycles. The van der Waals surface area contributed by atoms with E-state index in [9.17, 15) is 0 Å². The zero-order valence-corrected chi connectivity index (χ0v) is 10.2. The van der Waals surface area contributed by atoms with Crippen molar-refractivity contribution in [2.45, 2.75) is 0 Å². The Labute approximate surface area is 102 Å². The van der Waals surface area contributed by atoms with E-state index < -0.39 is 0 Å². The summed E-state index contributed by atoms with van der Waals surface area (Å²) in [7, 11) is 3.97. The van der Waals surface area contributed by atoms with Gasteiger partial charge in [-0.15, -0.1) is 0 Å². The Kier molecular flexibility index (Phi) is 3.65. The molecule has 4 heteroatoms. The van der Waals surface area contributed by atoms with Crippen LogP contribution in [-0.4, -0.2) is 38.0 Å². The van der Waals surface area contributed by atoms with Crippen molar-refractivity contribution in [2.75, 3.05) is 32.6 Å². The third-order valence-electron chi connectivity index (χ3n) is 2.40. The molecule has 0 fully saturated rings. The quantitative estimate of drug-likeness (QED) is 0.860. The molecule has 1 aliphatic heterocycles. The standard InChI is InChI=1S/C13H17N3O/c1-16(2)12(10-13-14-8-9-17-13)15-11-6-4-3-5-7-11/h3-7,10,15H,8-9H2,1-2H3. The van der Waals surface area contributed by atoms with Gasteiger partial charge in [-0.3, -0.25) is 0 Å². The Morgan fingerprint density at radius 3 is 2.71 bits per heavy atom. The van der Waals surface area contributed by atoms with Crippen molar-refractivity contribution in [1.29, 1.82) is 0 Å². The highest BCUT2D eigenvalue weighted by Crippen LogP contribution is 2.11. The molecule has 4 nitrogen and oxygen atoms in total. The average molecular weight is 231 g/mol. The van der Waals surface area contributed by atoms with E-state index in [2.05, 4.69) is 10.3 Å². The Hall–Kier alpha value is -1.97. The molecule has 90 valence electrons. The van der Waals surface area contributed by atoms with Gasteiger partial charge in [0.05, 0.1) is 6.54 Å². The van der Waals surface area contributed by atoms with Crippen molar-refractivity contribution in [3.05, 3.63) is 42.2 Å². The summed E-state index contributed by atoms with van der Waals surface area (Å²) < 4.78 is 5.38. The Balaban J connectivity index is 2.13. The summed E-state index contributed by atoms with van der Waals surface area (Å²) in [5.41, 5.74) is 1.05. The fourth-order valence-corrected chi connectivity index (χ4v) is 1.50. The Morgan fingerprint density at radius 2 is 2.12 bits per heavy atom. The monoisotopic (exact) mass is 231 g/mol. The topological polar surface area (TPSA) is 36.9 Å². The fourth-order valence-electron chi connectivity index (χ4n) is 1.50. The van der Waals surface area contributed by atoms with Crippen molar-refractivity contribution in [2.24, 2.45) is 4.99 Å². The van der Waals surface area contributed by atoms with Gasteiger partial charge in [0.15, 0.2) is 0 Å². The molecule has 2 rings (SSSR count). The summed E-state index contributed by atoms with van der Waals surface area (Å²) in [6, 6.07) is 10.0. The van der Waals surface area contributed by atoms with E-state index in [4.69, 9.17) is 4.74 Å². The molecule has 1 aromatic rings. The smallest absolute Gasteiger partial charge is 0.212 e. The predicted octanol–water partition coefficient (Wildman–Crippen LogP) is 1.93. The second kappa shape index (κ2) is 5.39. The lowest BCUT2D eigenvalue weighted by Gasteiger charge is -2.19. The van der Waals surface area contributed by atoms with Crippen molar-refractivity contribution in [3.63, 3.8) is 0 Å². The van der Waals surface area contributed by atoms with Crippen molar-refractivity contribution in [3.8, 4) is 0 Å². The van der Waals surface area contributed by atoms with E-state index in [0.717, 1.165) is 18.1 Å². The average Bonchev–Trinajstić information content (AvgIpc) is 2.82. The van der Waals surface area contributed by atoms with E-state index >= 15 is 0 Å². The van der Waals surface area contributed by atoms with Crippen LogP contribution in [0.4, 0.5) is 5.69 Å². The fraction of sp³-hybridized carbons (Fsp3) is 0.308. The van der Waals surface area contributed by atoms with Gasteiger partial charge in [-0.2, -0.15) is 0 Å². The normalized spacial score (nSPS) is 15.2. The van der Waals surface area contributed by atoms with E-state index in [-0.39, 0.29) is 0 Å². The van der Waals surface area contributed by atoms with Crippen LogP contribution in [0.1, 0.15) is 0 Å². The van der Waals surface area contributed by atoms with Gasteiger partial charge in [0.2, 0.25) is 5.90 Å². The first kappa shape index (κ1) is 11.5. The Morgan fingerprint density at radius 1 is 1.35 bits per heavy atom. The number of benzene rings is 1. The maximum atomic E-state index is 5.38. The maximum absolute atomic E-state index is 5.38. The third kappa shape index (κ3) is 3.24. The van der Waals surface area contributed by atoms with Gasteiger partial charge in [0, 0.05) is 25.9 Å². The molecule has 0 radical (unpaired) electrons. The molecule has 1 aliphatic rings. The molecule has 0 spiro atoms. The number of aliphatic imine (C=N–C) groups is 1. The lowest BCUT2D eigenvalue weighted by Crippen LogP contribution is -2.19. The van der Waals surface area contributed by atoms with Gasteiger partial charge in [-0.05, 0) is 12.1 Å².